The molecule has 0 aliphatic carbocycles. The lowest BCUT2D eigenvalue weighted by Crippen LogP contribution is -2.47. The predicted octanol–water partition coefficient (Wildman–Crippen LogP) is 4.36. The zero-order valence-electron chi connectivity index (χ0n) is 23.0. The van der Waals surface area contributed by atoms with Crippen molar-refractivity contribution in [2.45, 2.75) is 65.3 Å². The lowest BCUT2D eigenvalue weighted by Gasteiger charge is -2.35. The van der Waals surface area contributed by atoms with Gasteiger partial charge >= 0.3 is 0 Å². The van der Waals surface area contributed by atoms with Crippen molar-refractivity contribution in [3.63, 3.8) is 0 Å². The molecule has 0 saturated carbocycles. The van der Waals surface area contributed by atoms with Crippen LogP contribution in [-0.2, 0) is 14.8 Å². The van der Waals surface area contributed by atoms with Crippen LogP contribution in [0.3, 0.4) is 0 Å². The summed E-state index contributed by atoms with van der Waals surface area (Å²) < 4.78 is 39.7. The summed E-state index contributed by atoms with van der Waals surface area (Å²) in [7, 11) is -0.500. The third kappa shape index (κ3) is 4.52. The zero-order valence-corrected chi connectivity index (χ0v) is 23.8. The molecule has 2 aromatic rings. The van der Waals surface area contributed by atoms with Gasteiger partial charge in [-0.25, -0.2) is 13.4 Å². The molecule has 0 aromatic heterocycles. The monoisotopic (exact) mass is 527 g/mol. The van der Waals surface area contributed by atoms with Crippen LogP contribution < -0.4 is 9.47 Å². The van der Waals surface area contributed by atoms with Gasteiger partial charge in [-0.05, 0) is 94.8 Å². The number of hydrogen-bond acceptors (Lipinski definition) is 6. The molecule has 37 heavy (non-hydrogen) atoms. The molecule has 1 fully saturated rings. The van der Waals surface area contributed by atoms with Crippen molar-refractivity contribution in [1.82, 2.24) is 9.31 Å². The van der Waals surface area contributed by atoms with E-state index in [1.807, 2.05) is 59.7 Å². The lowest BCUT2D eigenvalue weighted by atomic mass is 9.83. The molecular formula is C28H37N3O5S. The van der Waals surface area contributed by atoms with Gasteiger partial charge in [0.15, 0.2) is 11.5 Å². The Bertz CT molecular complexity index is 1350. The smallest absolute Gasteiger partial charge is 0.254 e. The van der Waals surface area contributed by atoms with Crippen LogP contribution >= 0.6 is 0 Å². The summed E-state index contributed by atoms with van der Waals surface area (Å²) in [6, 6.07) is 7.38. The largest absolute Gasteiger partial charge is 0.493 e. The maximum Gasteiger partial charge on any atom is 0.254 e. The Kier molecular flexibility index (Phi) is 7.16. The highest BCUT2D eigenvalue weighted by atomic mass is 32.2. The molecule has 1 saturated heterocycles. The number of benzene rings is 2. The third-order valence-corrected chi connectivity index (χ3v) is 10.0. The van der Waals surface area contributed by atoms with Gasteiger partial charge in [0.25, 0.3) is 5.91 Å². The summed E-state index contributed by atoms with van der Waals surface area (Å²) in [4.78, 5) is 13.9. The van der Waals surface area contributed by atoms with Crippen molar-refractivity contribution in [2.75, 3.05) is 27.3 Å². The van der Waals surface area contributed by atoms with Gasteiger partial charge in [0.2, 0.25) is 10.0 Å². The van der Waals surface area contributed by atoms with Crippen molar-refractivity contribution in [3.8, 4) is 11.5 Å². The quantitative estimate of drug-likeness (QED) is 0.557. The van der Waals surface area contributed by atoms with Crippen LogP contribution in [0.2, 0.25) is 0 Å². The van der Waals surface area contributed by atoms with Crippen LogP contribution in [-0.4, -0.2) is 62.7 Å². The molecule has 200 valence electrons. The molecule has 0 bridgehead atoms. The zero-order chi connectivity index (χ0) is 27.3. The van der Waals surface area contributed by atoms with Gasteiger partial charge < -0.3 is 9.47 Å². The molecule has 2 heterocycles. The molecule has 2 aromatic carbocycles. The van der Waals surface area contributed by atoms with Crippen molar-refractivity contribution >= 4 is 21.6 Å². The second-order valence-electron chi connectivity index (χ2n) is 10.5. The van der Waals surface area contributed by atoms with E-state index < -0.39 is 15.4 Å². The number of amides is 1. The van der Waals surface area contributed by atoms with Gasteiger partial charge in [-0.3, -0.25) is 4.79 Å². The highest BCUT2D eigenvalue weighted by molar-refractivity contribution is 7.89. The molecule has 2 aliphatic rings. The molecule has 0 N–H and O–H groups in total. The minimum Gasteiger partial charge on any atom is -0.493 e. The molecule has 1 amide bonds. The number of ether oxygens (including phenoxy) is 2. The minimum atomic E-state index is -3.65. The first-order valence-electron chi connectivity index (χ1n) is 12.6. The number of piperidine rings is 1. The van der Waals surface area contributed by atoms with Gasteiger partial charge in [0, 0.05) is 18.7 Å². The number of carbonyl (C=O) groups excluding carboxylic acids is 1. The Morgan fingerprint density at radius 1 is 0.919 bits per heavy atom. The van der Waals surface area contributed by atoms with E-state index in [1.54, 1.807) is 29.6 Å². The SMILES string of the molecule is COc1ccc(C2=NN(C3CCN(S(=O)(=O)c4c(C)c(C)cc(C)c4C)CC3)C(=O)C2(C)C)cc1OC. The van der Waals surface area contributed by atoms with E-state index in [4.69, 9.17) is 14.6 Å². The number of methoxy groups -OCH3 is 2. The molecule has 0 atom stereocenters. The highest BCUT2D eigenvalue weighted by Gasteiger charge is 2.47. The van der Waals surface area contributed by atoms with Crippen molar-refractivity contribution in [1.29, 1.82) is 0 Å². The summed E-state index contributed by atoms with van der Waals surface area (Å²) in [6.07, 6.45) is 1.04. The normalized spacial score (nSPS) is 18.8. The van der Waals surface area contributed by atoms with Crippen LogP contribution in [0.25, 0.3) is 0 Å². The molecular weight excluding hydrogens is 490 g/mol. The van der Waals surface area contributed by atoms with Crippen LogP contribution in [0, 0.1) is 33.1 Å². The fourth-order valence-electron chi connectivity index (χ4n) is 5.34. The van der Waals surface area contributed by atoms with Crippen molar-refractivity contribution < 1.29 is 22.7 Å². The standard InChI is InChI=1S/C28H37N3O5S/c1-17-15-18(2)20(4)25(19(17)3)37(33,34)30-13-11-22(12-14-30)31-27(32)28(5,6)26(29-31)21-9-10-23(35-7)24(16-21)36-8/h9-10,15-16,22H,11-14H2,1-8H3. The topological polar surface area (TPSA) is 88.5 Å². The summed E-state index contributed by atoms with van der Waals surface area (Å²) in [5, 5.41) is 6.35. The number of sulfonamides is 1. The Labute approximate surface area is 220 Å². The maximum absolute atomic E-state index is 13.7. The van der Waals surface area contributed by atoms with Crippen molar-refractivity contribution in [3.05, 3.63) is 52.1 Å². The van der Waals surface area contributed by atoms with E-state index in [9.17, 15) is 13.2 Å². The Hall–Kier alpha value is -2.91. The van der Waals surface area contributed by atoms with E-state index in [2.05, 4.69) is 0 Å². The van der Waals surface area contributed by atoms with Gasteiger partial charge in [0.1, 0.15) is 0 Å². The minimum absolute atomic E-state index is 0.0837. The second-order valence-corrected chi connectivity index (χ2v) is 12.4. The van der Waals surface area contributed by atoms with Gasteiger partial charge in [-0.2, -0.15) is 9.41 Å². The van der Waals surface area contributed by atoms with E-state index in [-0.39, 0.29) is 11.9 Å². The number of nitrogens with zero attached hydrogens (tertiary/aromatic N) is 3. The van der Waals surface area contributed by atoms with Crippen molar-refractivity contribution in [2.24, 2.45) is 10.5 Å². The first-order valence-corrected chi connectivity index (χ1v) is 14.0. The van der Waals surface area contributed by atoms with Crippen LogP contribution in [0.15, 0.2) is 34.3 Å². The average molecular weight is 528 g/mol. The number of rotatable bonds is 6. The van der Waals surface area contributed by atoms with E-state index in [0.717, 1.165) is 27.8 Å². The number of hydrazone groups is 1. The molecule has 4 rings (SSSR count). The van der Waals surface area contributed by atoms with Gasteiger partial charge in [-0.15, -0.1) is 0 Å². The molecule has 2 aliphatic heterocycles. The number of carbonyl (C=O) groups is 1. The summed E-state index contributed by atoms with van der Waals surface area (Å²) >= 11 is 0. The summed E-state index contributed by atoms with van der Waals surface area (Å²) in [6.45, 7) is 12.1. The van der Waals surface area contributed by atoms with Crippen LogP contribution in [0.4, 0.5) is 0 Å². The predicted molar refractivity (Wildman–Crippen MR) is 144 cm³/mol. The van der Waals surface area contributed by atoms with E-state index >= 15 is 0 Å². The first kappa shape index (κ1) is 27.1. The van der Waals surface area contributed by atoms with E-state index in [1.165, 1.54) is 0 Å². The molecule has 8 nitrogen and oxygen atoms in total. The molecule has 9 heteroatoms. The number of hydrogen-bond donors (Lipinski definition) is 0. The molecule has 0 radical (unpaired) electrons. The van der Waals surface area contributed by atoms with Crippen LogP contribution in [0.5, 0.6) is 11.5 Å². The number of aryl methyl sites for hydroxylation is 2. The van der Waals surface area contributed by atoms with Crippen LogP contribution in [0.1, 0.15) is 54.5 Å². The highest BCUT2D eigenvalue weighted by Crippen LogP contribution is 2.38. The molecule has 0 unspecified atom stereocenters. The third-order valence-electron chi connectivity index (χ3n) is 7.86. The first-order chi connectivity index (χ1) is 17.3. The van der Waals surface area contributed by atoms with Gasteiger partial charge in [0.05, 0.1) is 36.3 Å². The maximum atomic E-state index is 13.7. The lowest BCUT2D eigenvalue weighted by molar-refractivity contribution is -0.137. The summed E-state index contributed by atoms with van der Waals surface area (Å²) in [5.41, 5.74) is 4.17. The van der Waals surface area contributed by atoms with E-state index in [0.29, 0.717) is 48.0 Å². The second kappa shape index (κ2) is 9.76. The Morgan fingerprint density at radius 3 is 2.03 bits per heavy atom. The average Bonchev–Trinajstić information content (AvgIpc) is 3.11. The fraction of sp³-hybridized carbons (Fsp3) is 0.500. The Morgan fingerprint density at radius 2 is 1.49 bits per heavy atom. The Balaban J connectivity index is 1.58. The fourth-order valence-corrected chi connectivity index (χ4v) is 7.38. The van der Waals surface area contributed by atoms with Gasteiger partial charge in [-0.1, -0.05) is 6.07 Å². The summed E-state index contributed by atoms with van der Waals surface area (Å²) in [5.74, 6) is 1.09. The molecule has 0 spiro atoms.